The lowest BCUT2D eigenvalue weighted by molar-refractivity contribution is 0.438. The van der Waals surface area contributed by atoms with Crippen LogP contribution in [0, 0.1) is 0 Å². The van der Waals surface area contributed by atoms with E-state index in [-0.39, 0.29) is 29.3 Å². The molecule has 0 aliphatic carbocycles. The molecular formula is C20H15N3O4. The Morgan fingerprint density at radius 1 is 1.07 bits per heavy atom. The molecule has 0 unspecified atom stereocenters. The first-order chi connectivity index (χ1) is 13.1. The fourth-order valence-corrected chi connectivity index (χ4v) is 2.77. The average molecular weight is 361 g/mol. The minimum Gasteiger partial charge on any atom is -0.507 e. The van der Waals surface area contributed by atoms with Gasteiger partial charge in [-0.1, -0.05) is 12.1 Å². The van der Waals surface area contributed by atoms with Crippen molar-refractivity contribution in [2.45, 2.75) is 6.42 Å². The smallest absolute Gasteiger partial charge is 0.343 e. The van der Waals surface area contributed by atoms with Gasteiger partial charge in [-0.3, -0.25) is 0 Å². The van der Waals surface area contributed by atoms with Crippen LogP contribution in [0.25, 0.3) is 11.0 Å². The van der Waals surface area contributed by atoms with Crippen molar-refractivity contribution in [3.05, 3.63) is 82.5 Å². The Balaban J connectivity index is 1.71. The Kier molecular flexibility index (Phi) is 4.18. The fourth-order valence-electron chi connectivity index (χ4n) is 2.77. The third-order valence-electron chi connectivity index (χ3n) is 4.03. The first-order valence-corrected chi connectivity index (χ1v) is 8.18. The summed E-state index contributed by atoms with van der Waals surface area (Å²) in [7, 11) is 0. The number of hydrogen-bond donors (Lipinski definition) is 2. The SMILES string of the molecule is Nc1cccc(Cc2c(O)c3ccc(Oc4ncccn4)cc3oc2=O)c1. The van der Waals surface area contributed by atoms with Crippen molar-refractivity contribution in [3.63, 3.8) is 0 Å². The largest absolute Gasteiger partial charge is 0.507 e. The van der Waals surface area contributed by atoms with Gasteiger partial charge in [-0.15, -0.1) is 0 Å². The van der Waals surface area contributed by atoms with Gasteiger partial charge in [0.2, 0.25) is 0 Å². The first-order valence-electron chi connectivity index (χ1n) is 8.18. The second-order valence-electron chi connectivity index (χ2n) is 5.93. The van der Waals surface area contributed by atoms with Crippen LogP contribution < -0.4 is 16.1 Å². The van der Waals surface area contributed by atoms with Crippen molar-refractivity contribution in [1.82, 2.24) is 9.97 Å². The average Bonchev–Trinajstić information content (AvgIpc) is 2.66. The highest BCUT2D eigenvalue weighted by Crippen LogP contribution is 2.31. The van der Waals surface area contributed by atoms with Gasteiger partial charge in [0.1, 0.15) is 17.1 Å². The number of hydrogen-bond acceptors (Lipinski definition) is 7. The molecule has 0 amide bonds. The number of nitrogens with two attached hydrogens (primary N) is 1. The van der Waals surface area contributed by atoms with E-state index in [2.05, 4.69) is 9.97 Å². The summed E-state index contributed by atoms with van der Waals surface area (Å²) in [4.78, 5) is 20.3. The molecule has 0 fully saturated rings. The maximum Gasteiger partial charge on any atom is 0.343 e. The zero-order valence-corrected chi connectivity index (χ0v) is 14.1. The van der Waals surface area contributed by atoms with Crippen LogP contribution in [-0.2, 0) is 6.42 Å². The minimum atomic E-state index is -0.615. The van der Waals surface area contributed by atoms with E-state index >= 15 is 0 Å². The number of aromatic hydroxyl groups is 1. The summed E-state index contributed by atoms with van der Waals surface area (Å²) in [5.74, 6) is 0.269. The van der Waals surface area contributed by atoms with E-state index < -0.39 is 5.63 Å². The van der Waals surface area contributed by atoms with Crippen LogP contribution in [0.2, 0.25) is 0 Å². The summed E-state index contributed by atoms with van der Waals surface area (Å²) in [5.41, 5.74) is 6.93. The lowest BCUT2D eigenvalue weighted by atomic mass is 10.0. The zero-order chi connectivity index (χ0) is 18.8. The van der Waals surface area contributed by atoms with E-state index in [0.717, 1.165) is 5.56 Å². The van der Waals surface area contributed by atoms with Crippen LogP contribution in [0.4, 0.5) is 5.69 Å². The molecular weight excluding hydrogens is 346 g/mol. The van der Waals surface area contributed by atoms with Crippen molar-refractivity contribution < 1.29 is 14.3 Å². The molecule has 0 spiro atoms. The summed E-state index contributed by atoms with van der Waals surface area (Å²) >= 11 is 0. The highest BCUT2D eigenvalue weighted by atomic mass is 16.5. The maximum absolute atomic E-state index is 12.4. The number of fused-ring (bicyclic) bond motifs is 1. The van der Waals surface area contributed by atoms with Gasteiger partial charge in [-0.05, 0) is 35.9 Å². The standard InChI is InChI=1S/C20H15N3O4/c21-13-4-1-3-12(9-13)10-16-18(24)15-6-5-14(11-17(15)27-19(16)25)26-20-22-7-2-8-23-20/h1-9,11,24H,10,21H2. The molecule has 2 aromatic heterocycles. The van der Waals surface area contributed by atoms with Crippen molar-refractivity contribution in [1.29, 1.82) is 0 Å². The maximum atomic E-state index is 12.4. The van der Waals surface area contributed by atoms with E-state index in [1.165, 1.54) is 6.07 Å². The van der Waals surface area contributed by atoms with Gasteiger partial charge in [0.15, 0.2) is 0 Å². The van der Waals surface area contributed by atoms with E-state index in [1.807, 2.05) is 6.07 Å². The summed E-state index contributed by atoms with van der Waals surface area (Å²) in [6.07, 6.45) is 3.32. The molecule has 0 saturated heterocycles. The van der Waals surface area contributed by atoms with Crippen molar-refractivity contribution >= 4 is 16.7 Å². The number of aromatic nitrogens is 2. The predicted octanol–water partition coefficient (Wildman–Crippen LogP) is 3.25. The Morgan fingerprint density at radius 2 is 1.89 bits per heavy atom. The number of rotatable bonds is 4. The van der Waals surface area contributed by atoms with Crippen LogP contribution in [0.1, 0.15) is 11.1 Å². The molecule has 134 valence electrons. The van der Waals surface area contributed by atoms with E-state index in [4.69, 9.17) is 14.9 Å². The first kappa shape index (κ1) is 16.6. The van der Waals surface area contributed by atoms with E-state index in [1.54, 1.807) is 48.8 Å². The van der Waals surface area contributed by atoms with Gasteiger partial charge in [0.25, 0.3) is 0 Å². The monoisotopic (exact) mass is 361 g/mol. The molecule has 2 aromatic carbocycles. The highest BCUT2D eigenvalue weighted by molar-refractivity contribution is 5.85. The van der Waals surface area contributed by atoms with Crippen molar-refractivity contribution in [3.8, 4) is 17.5 Å². The van der Waals surface area contributed by atoms with Gasteiger partial charge in [-0.2, -0.15) is 0 Å². The minimum absolute atomic E-state index is 0.119. The second kappa shape index (κ2) is 6.80. The van der Waals surface area contributed by atoms with Crippen molar-refractivity contribution in [2.75, 3.05) is 5.73 Å². The number of nitrogens with zero attached hydrogens (tertiary/aromatic N) is 2. The molecule has 7 heteroatoms. The Bertz CT molecular complexity index is 1170. The van der Waals surface area contributed by atoms with Crippen molar-refractivity contribution in [2.24, 2.45) is 0 Å². The quantitative estimate of drug-likeness (QED) is 0.424. The molecule has 0 radical (unpaired) electrons. The molecule has 7 nitrogen and oxygen atoms in total. The molecule has 4 rings (SSSR count). The third kappa shape index (κ3) is 3.43. The molecule has 0 aliphatic heterocycles. The fraction of sp³-hybridized carbons (Fsp3) is 0.0500. The van der Waals surface area contributed by atoms with Gasteiger partial charge >= 0.3 is 11.6 Å². The van der Waals surface area contributed by atoms with Crippen LogP contribution in [0.5, 0.6) is 17.5 Å². The normalized spacial score (nSPS) is 10.8. The third-order valence-corrected chi connectivity index (χ3v) is 4.03. The number of nitrogen functional groups attached to an aromatic ring is 1. The van der Waals surface area contributed by atoms with Gasteiger partial charge in [0.05, 0.1) is 10.9 Å². The molecule has 0 atom stereocenters. The Labute approximate surface area is 153 Å². The number of ether oxygens (including phenoxy) is 1. The summed E-state index contributed by atoms with van der Waals surface area (Å²) in [6.45, 7) is 0. The Morgan fingerprint density at radius 3 is 2.67 bits per heavy atom. The predicted molar refractivity (Wildman–Crippen MR) is 99.9 cm³/mol. The molecule has 27 heavy (non-hydrogen) atoms. The van der Waals surface area contributed by atoms with E-state index in [0.29, 0.717) is 16.8 Å². The molecule has 0 bridgehead atoms. The topological polar surface area (TPSA) is 111 Å². The van der Waals surface area contributed by atoms with Gasteiger partial charge in [-0.25, -0.2) is 14.8 Å². The van der Waals surface area contributed by atoms with Crippen LogP contribution in [0.15, 0.2) is 70.1 Å². The summed E-state index contributed by atoms with van der Waals surface area (Å²) < 4.78 is 10.9. The summed E-state index contributed by atoms with van der Waals surface area (Å²) in [5, 5.41) is 11.0. The molecule has 3 N–H and O–H groups in total. The van der Waals surface area contributed by atoms with Gasteiger partial charge in [0, 0.05) is 30.6 Å². The zero-order valence-electron chi connectivity index (χ0n) is 14.1. The van der Waals surface area contributed by atoms with Crippen LogP contribution in [-0.4, -0.2) is 15.1 Å². The molecule has 0 aliphatic rings. The second-order valence-corrected chi connectivity index (χ2v) is 5.93. The lowest BCUT2D eigenvalue weighted by Crippen LogP contribution is -2.08. The van der Waals surface area contributed by atoms with Gasteiger partial charge < -0.3 is 20.0 Å². The lowest BCUT2D eigenvalue weighted by Gasteiger charge is -2.08. The van der Waals surface area contributed by atoms with E-state index in [9.17, 15) is 9.90 Å². The van der Waals surface area contributed by atoms with Crippen LogP contribution >= 0.6 is 0 Å². The molecule has 4 aromatic rings. The molecule has 0 saturated carbocycles. The Hall–Kier alpha value is -3.87. The van der Waals surface area contributed by atoms with Crippen LogP contribution in [0.3, 0.4) is 0 Å². The number of anilines is 1. The summed E-state index contributed by atoms with van der Waals surface area (Å²) in [6, 6.07) is 13.7. The molecule has 2 heterocycles. The number of benzene rings is 2. The highest BCUT2D eigenvalue weighted by Gasteiger charge is 2.15.